The summed E-state index contributed by atoms with van der Waals surface area (Å²) in [5.41, 5.74) is 2.25. The first-order valence-corrected chi connectivity index (χ1v) is 11.8. The number of benzene rings is 1. The molecule has 0 N–H and O–H groups in total. The lowest BCUT2D eigenvalue weighted by atomic mass is 9.97. The number of hydrogen-bond donors (Lipinski definition) is 0. The lowest BCUT2D eigenvalue weighted by Gasteiger charge is -2.21. The van der Waals surface area contributed by atoms with Crippen LogP contribution in [-0.4, -0.2) is 27.5 Å². The normalized spacial score (nSPS) is 14.0. The summed E-state index contributed by atoms with van der Waals surface area (Å²) in [6.45, 7) is 7.19. The smallest absolute Gasteiger partial charge is 0.262 e. The minimum Gasteiger partial charge on any atom is -0.297 e. The van der Waals surface area contributed by atoms with Gasteiger partial charge in [-0.15, -0.1) is 11.3 Å². The van der Waals surface area contributed by atoms with Gasteiger partial charge in [-0.3, -0.25) is 14.3 Å². The van der Waals surface area contributed by atoms with Crippen LogP contribution in [0.3, 0.4) is 0 Å². The first-order chi connectivity index (χ1) is 14.0. The molecular weight excluding hydrogens is 425 g/mol. The third kappa shape index (κ3) is 4.11. The minimum absolute atomic E-state index is 0.0719. The number of fused-ring (bicyclic) bond motifs is 3. The van der Waals surface area contributed by atoms with Crippen molar-refractivity contribution in [3.05, 3.63) is 60.4 Å². The van der Waals surface area contributed by atoms with Crippen molar-refractivity contribution in [3.63, 3.8) is 0 Å². The molecule has 29 heavy (non-hydrogen) atoms. The van der Waals surface area contributed by atoms with E-state index in [9.17, 15) is 4.79 Å². The summed E-state index contributed by atoms with van der Waals surface area (Å²) in [6, 6.07) is 5.55. The van der Waals surface area contributed by atoms with Crippen LogP contribution in [-0.2, 0) is 25.9 Å². The van der Waals surface area contributed by atoms with Crippen molar-refractivity contribution < 1.29 is 0 Å². The second-order valence-corrected chi connectivity index (χ2v) is 9.42. The number of halogens is 2. The van der Waals surface area contributed by atoms with Gasteiger partial charge in [0.05, 0.1) is 28.5 Å². The molecule has 154 valence electrons. The van der Waals surface area contributed by atoms with E-state index in [1.165, 1.54) is 16.9 Å². The number of aromatic nitrogens is 2. The average Bonchev–Trinajstić information content (AvgIpc) is 3.09. The first kappa shape index (κ1) is 20.9. The van der Waals surface area contributed by atoms with Gasteiger partial charge in [-0.2, -0.15) is 0 Å². The molecule has 2 heterocycles. The van der Waals surface area contributed by atoms with Crippen LogP contribution in [0.25, 0.3) is 10.2 Å². The summed E-state index contributed by atoms with van der Waals surface area (Å²) < 4.78 is 1.84. The Hall–Kier alpha value is -1.40. The Morgan fingerprint density at radius 2 is 1.90 bits per heavy atom. The number of nitrogens with zero attached hydrogens (tertiary/aromatic N) is 3. The van der Waals surface area contributed by atoms with E-state index < -0.39 is 0 Å². The fourth-order valence-corrected chi connectivity index (χ4v) is 5.62. The van der Waals surface area contributed by atoms with Crippen LogP contribution in [0.15, 0.2) is 23.0 Å². The molecule has 3 aromatic rings. The predicted molar refractivity (Wildman–Crippen MR) is 123 cm³/mol. The summed E-state index contributed by atoms with van der Waals surface area (Å²) in [4.78, 5) is 23.2. The zero-order valence-corrected chi connectivity index (χ0v) is 19.1. The fourth-order valence-electron chi connectivity index (χ4n) is 4.03. The molecular formula is C22H25Cl2N3OS. The molecule has 0 atom stereocenters. The molecule has 1 aromatic carbocycles. The summed E-state index contributed by atoms with van der Waals surface area (Å²) in [5, 5.41) is 1.85. The molecule has 0 fully saturated rings. The monoisotopic (exact) mass is 449 g/mol. The second kappa shape index (κ2) is 8.76. The van der Waals surface area contributed by atoms with Gasteiger partial charge in [0.2, 0.25) is 0 Å². The largest absolute Gasteiger partial charge is 0.297 e. The molecule has 0 spiro atoms. The van der Waals surface area contributed by atoms with Gasteiger partial charge in [0.15, 0.2) is 0 Å². The lowest BCUT2D eigenvalue weighted by Crippen LogP contribution is -2.31. The third-order valence-corrected chi connectivity index (χ3v) is 7.66. The Balaban J connectivity index is 1.87. The Morgan fingerprint density at radius 1 is 1.14 bits per heavy atom. The van der Waals surface area contributed by atoms with E-state index in [0.717, 1.165) is 54.0 Å². The van der Waals surface area contributed by atoms with Crippen molar-refractivity contribution in [2.75, 3.05) is 13.1 Å². The van der Waals surface area contributed by atoms with Crippen LogP contribution in [0.5, 0.6) is 0 Å². The molecule has 0 bridgehead atoms. The molecule has 0 amide bonds. The highest BCUT2D eigenvalue weighted by atomic mass is 35.5. The van der Waals surface area contributed by atoms with Gasteiger partial charge in [-0.1, -0.05) is 43.1 Å². The van der Waals surface area contributed by atoms with Crippen LogP contribution in [0.2, 0.25) is 10.0 Å². The van der Waals surface area contributed by atoms with Gasteiger partial charge in [0.25, 0.3) is 5.56 Å². The lowest BCUT2D eigenvalue weighted by molar-refractivity contribution is 0.282. The molecule has 0 unspecified atom stereocenters. The third-order valence-electron chi connectivity index (χ3n) is 5.74. The molecule has 0 saturated carbocycles. The quantitative estimate of drug-likeness (QED) is 0.496. The van der Waals surface area contributed by atoms with E-state index in [4.69, 9.17) is 28.2 Å². The highest BCUT2D eigenvalue weighted by Crippen LogP contribution is 2.34. The Bertz CT molecular complexity index is 1100. The van der Waals surface area contributed by atoms with Crippen LogP contribution in [0.4, 0.5) is 0 Å². The zero-order chi connectivity index (χ0) is 20.5. The van der Waals surface area contributed by atoms with Crippen LogP contribution >= 0.6 is 34.5 Å². The summed E-state index contributed by atoms with van der Waals surface area (Å²) >= 11 is 14.0. The number of hydrogen-bond acceptors (Lipinski definition) is 4. The Morgan fingerprint density at radius 3 is 2.62 bits per heavy atom. The van der Waals surface area contributed by atoms with Crippen molar-refractivity contribution in [2.24, 2.45) is 0 Å². The highest BCUT2D eigenvalue weighted by Gasteiger charge is 2.22. The van der Waals surface area contributed by atoms with Gasteiger partial charge in [-0.25, -0.2) is 4.98 Å². The maximum Gasteiger partial charge on any atom is 0.262 e. The van der Waals surface area contributed by atoms with E-state index in [2.05, 4.69) is 18.7 Å². The van der Waals surface area contributed by atoms with Gasteiger partial charge >= 0.3 is 0 Å². The van der Waals surface area contributed by atoms with E-state index >= 15 is 0 Å². The number of rotatable bonds is 6. The van der Waals surface area contributed by atoms with Crippen molar-refractivity contribution >= 4 is 44.8 Å². The van der Waals surface area contributed by atoms with E-state index in [1.807, 2.05) is 16.7 Å². The van der Waals surface area contributed by atoms with Gasteiger partial charge in [0, 0.05) is 4.88 Å². The Labute approximate surface area is 185 Å². The molecule has 0 aliphatic heterocycles. The number of thiophene rings is 1. The van der Waals surface area contributed by atoms with Crippen LogP contribution in [0.1, 0.15) is 48.5 Å². The molecule has 1 aliphatic rings. The van der Waals surface area contributed by atoms with Crippen molar-refractivity contribution in [1.29, 1.82) is 0 Å². The van der Waals surface area contributed by atoms with E-state index in [1.54, 1.807) is 17.4 Å². The highest BCUT2D eigenvalue weighted by molar-refractivity contribution is 7.18. The summed E-state index contributed by atoms with van der Waals surface area (Å²) in [5.74, 6) is 0.816. The maximum absolute atomic E-state index is 13.6. The van der Waals surface area contributed by atoms with Gasteiger partial charge in [-0.05, 0) is 62.0 Å². The molecule has 0 saturated heterocycles. The Kier molecular flexibility index (Phi) is 6.30. The van der Waals surface area contributed by atoms with Crippen molar-refractivity contribution in [1.82, 2.24) is 14.5 Å². The molecule has 0 radical (unpaired) electrons. The zero-order valence-electron chi connectivity index (χ0n) is 16.8. The molecule has 4 rings (SSSR count). The standard InChI is InChI=1S/C22H25Cl2N3OS/c1-3-26(4-2)13-19-25-21-20(15-7-5-6-8-18(15)29-21)22(28)27(19)12-14-9-10-16(23)17(24)11-14/h9-11H,3-8,12-13H2,1-2H3. The van der Waals surface area contributed by atoms with Crippen molar-refractivity contribution in [3.8, 4) is 0 Å². The summed E-state index contributed by atoms with van der Waals surface area (Å²) in [7, 11) is 0. The SMILES string of the molecule is CCN(CC)Cc1nc2sc3c(c2c(=O)n1Cc1ccc(Cl)c(Cl)c1)CCCC3. The molecule has 1 aliphatic carbocycles. The van der Waals surface area contributed by atoms with Gasteiger partial charge < -0.3 is 0 Å². The summed E-state index contributed by atoms with van der Waals surface area (Å²) in [6.07, 6.45) is 4.39. The second-order valence-electron chi connectivity index (χ2n) is 7.52. The van der Waals surface area contributed by atoms with E-state index in [0.29, 0.717) is 23.1 Å². The maximum atomic E-state index is 13.6. The fraction of sp³-hybridized carbons (Fsp3) is 0.455. The van der Waals surface area contributed by atoms with E-state index in [-0.39, 0.29) is 5.56 Å². The van der Waals surface area contributed by atoms with Gasteiger partial charge in [0.1, 0.15) is 10.7 Å². The van der Waals surface area contributed by atoms with Crippen LogP contribution in [0, 0.1) is 0 Å². The molecule has 4 nitrogen and oxygen atoms in total. The molecule has 7 heteroatoms. The topological polar surface area (TPSA) is 38.1 Å². The number of aryl methyl sites for hydroxylation is 2. The first-order valence-electron chi connectivity index (χ1n) is 10.2. The molecule has 2 aromatic heterocycles. The van der Waals surface area contributed by atoms with Crippen molar-refractivity contribution in [2.45, 2.75) is 52.6 Å². The predicted octanol–water partition coefficient (Wildman–Crippen LogP) is 5.53. The average molecular weight is 450 g/mol. The minimum atomic E-state index is 0.0719. The van der Waals surface area contributed by atoms with Crippen LogP contribution < -0.4 is 5.56 Å².